The van der Waals surface area contributed by atoms with Crippen molar-refractivity contribution < 1.29 is 28.6 Å². The highest BCUT2D eigenvalue weighted by molar-refractivity contribution is 8.77. The van der Waals surface area contributed by atoms with Crippen molar-refractivity contribution >= 4 is 50.5 Å². The van der Waals surface area contributed by atoms with Crippen molar-refractivity contribution in [2.45, 2.75) is 76.7 Å². The number of imide groups is 1. The van der Waals surface area contributed by atoms with E-state index in [9.17, 15) is 14.4 Å². The molecule has 0 radical (unpaired) electrons. The number of fused-ring (bicyclic) bond motifs is 1. The van der Waals surface area contributed by atoms with Crippen molar-refractivity contribution in [3.05, 3.63) is 52.6 Å². The summed E-state index contributed by atoms with van der Waals surface area (Å²) < 4.78 is 18.3. The first-order valence-electron chi connectivity index (χ1n) is 14.6. The lowest BCUT2D eigenvalue weighted by Gasteiger charge is -2.30. The average Bonchev–Trinajstić information content (AvgIpc) is 3.63. The molecular formula is C32H39NO6S3. The maximum atomic E-state index is 13.9. The normalized spacial score (nSPS) is 22.1. The van der Waals surface area contributed by atoms with Crippen LogP contribution >= 0.6 is 33.3 Å². The average molecular weight is 630 g/mol. The molecule has 0 bridgehead atoms. The van der Waals surface area contributed by atoms with Gasteiger partial charge in [0.15, 0.2) is 0 Å². The van der Waals surface area contributed by atoms with Gasteiger partial charge < -0.3 is 14.2 Å². The summed E-state index contributed by atoms with van der Waals surface area (Å²) in [6, 6.07) is 9.49. The highest BCUT2D eigenvalue weighted by atomic mass is 33.1. The molecule has 3 aliphatic heterocycles. The smallest absolute Gasteiger partial charge is 0.320 e. The summed E-state index contributed by atoms with van der Waals surface area (Å²) in [7, 11) is 3.90. The summed E-state index contributed by atoms with van der Waals surface area (Å²) in [5.41, 5.74) is 3.12. The van der Waals surface area contributed by atoms with E-state index in [1.807, 2.05) is 72.7 Å². The molecule has 3 heterocycles. The minimum absolute atomic E-state index is 0.186. The van der Waals surface area contributed by atoms with Gasteiger partial charge in [0.25, 0.3) is 5.24 Å². The Kier molecular flexibility index (Phi) is 10.0. The molecule has 5 rings (SSSR count). The predicted molar refractivity (Wildman–Crippen MR) is 171 cm³/mol. The number of aryl methyl sites for hydroxylation is 1. The topological polar surface area (TPSA) is 90.9 Å². The first kappa shape index (κ1) is 31.1. The van der Waals surface area contributed by atoms with Crippen LogP contribution in [0.2, 0.25) is 0 Å². The fraction of sp³-hybridized carbons (Fsp3) is 0.531. The minimum atomic E-state index is -0.852. The second kappa shape index (κ2) is 13.6. The molecule has 7 nitrogen and oxygen atoms in total. The maximum Gasteiger partial charge on any atom is 0.320 e. The van der Waals surface area contributed by atoms with Crippen molar-refractivity contribution in [3.63, 3.8) is 0 Å². The molecule has 2 fully saturated rings. The van der Waals surface area contributed by atoms with Crippen molar-refractivity contribution in [2.24, 2.45) is 11.3 Å². The molecule has 0 aromatic heterocycles. The van der Waals surface area contributed by atoms with E-state index in [-0.39, 0.29) is 23.7 Å². The van der Waals surface area contributed by atoms with Crippen molar-refractivity contribution in [3.8, 4) is 17.2 Å². The Morgan fingerprint density at radius 2 is 1.98 bits per heavy atom. The van der Waals surface area contributed by atoms with E-state index in [1.54, 1.807) is 0 Å². The first-order valence-corrected chi connectivity index (χ1v) is 17.9. The van der Waals surface area contributed by atoms with Crippen LogP contribution < -0.4 is 19.5 Å². The lowest BCUT2D eigenvalue weighted by Crippen LogP contribution is -2.38. The Labute approximate surface area is 260 Å². The Bertz CT molecular complexity index is 1330. The van der Waals surface area contributed by atoms with Crippen LogP contribution in [0.4, 0.5) is 4.79 Å². The molecule has 2 aromatic carbocycles. The third-order valence-corrected chi connectivity index (χ3v) is 12.7. The molecule has 3 aliphatic rings. The largest absolute Gasteiger partial charge is 0.493 e. The Morgan fingerprint density at radius 1 is 1.19 bits per heavy atom. The van der Waals surface area contributed by atoms with Gasteiger partial charge in [0.2, 0.25) is 5.91 Å². The van der Waals surface area contributed by atoms with Crippen molar-refractivity contribution in [1.82, 2.24) is 5.32 Å². The van der Waals surface area contributed by atoms with Crippen molar-refractivity contribution in [1.29, 1.82) is 0 Å². The number of carbonyl (C=O) groups excluding carboxylic acids is 3. The number of hydrogen-bond donors (Lipinski definition) is 1. The summed E-state index contributed by atoms with van der Waals surface area (Å²) in [6.45, 7) is 9.13. The van der Waals surface area contributed by atoms with Gasteiger partial charge in [0.05, 0.1) is 17.3 Å². The fourth-order valence-electron chi connectivity index (χ4n) is 5.48. The number of esters is 1. The summed E-state index contributed by atoms with van der Waals surface area (Å²) in [5.74, 6) is 3.30. The fourth-order valence-corrected chi connectivity index (χ4v) is 9.61. The molecule has 0 aliphatic carbocycles. The number of benzene rings is 2. The summed E-state index contributed by atoms with van der Waals surface area (Å²) in [6.07, 6.45) is 5.08. The Morgan fingerprint density at radius 3 is 2.67 bits per heavy atom. The highest BCUT2D eigenvalue weighted by Gasteiger charge is 2.38. The number of rotatable bonds is 11. The standard InChI is InChI=1S/C32H39NO6S3/c1-19(26-12-15-40-42-26)11-13-32(4,30(35)39-25-17-23-6-5-14-37-28(23)21(3)20(25)2)18-38-24-9-7-22(8-10-24)16-27-29(34)33-31(36)41-27/h7-10,17,19,26-27H,5-6,11-16,18H2,1-4H3,(H,33,34,36). The van der Waals surface area contributed by atoms with Crippen LogP contribution in [0.1, 0.15) is 61.8 Å². The summed E-state index contributed by atoms with van der Waals surface area (Å²) in [4.78, 5) is 37.3. The number of hydrogen-bond acceptors (Lipinski definition) is 9. The van der Waals surface area contributed by atoms with Crippen LogP contribution in [-0.2, 0) is 22.4 Å². The van der Waals surface area contributed by atoms with Crippen molar-refractivity contribution in [2.75, 3.05) is 19.0 Å². The molecule has 2 aromatic rings. The lowest BCUT2D eigenvalue weighted by molar-refractivity contribution is -0.147. The van der Waals surface area contributed by atoms with Crippen LogP contribution in [0.25, 0.3) is 0 Å². The van der Waals surface area contributed by atoms with E-state index < -0.39 is 10.7 Å². The van der Waals surface area contributed by atoms with Gasteiger partial charge >= 0.3 is 5.97 Å². The zero-order chi connectivity index (χ0) is 29.9. The molecule has 4 unspecified atom stereocenters. The predicted octanol–water partition coefficient (Wildman–Crippen LogP) is 7.08. The second-order valence-corrected chi connectivity index (χ2v) is 15.7. The number of nitrogens with one attached hydrogen (secondary N) is 1. The van der Waals surface area contributed by atoms with E-state index in [0.29, 0.717) is 42.1 Å². The van der Waals surface area contributed by atoms with E-state index >= 15 is 0 Å². The second-order valence-electron chi connectivity index (χ2n) is 11.8. The van der Waals surface area contributed by atoms with Gasteiger partial charge in [-0.3, -0.25) is 19.7 Å². The SMILES string of the molecule is Cc1c(OC(=O)C(C)(CCC(C)C2CCSS2)COc2ccc(CC3SC(=O)NC3=O)cc2)cc2c(c1C)OCCC2. The number of thioether (sulfide) groups is 1. The zero-order valence-corrected chi connectivity index (χ0v) is 27.1. The van der Waals surface area contributed by atoms with Crippen LogP contribution in [-0.4, -0.2) is 46.6 Å². The molecule has 0 spiro atoms. The summed E-state index contributed by atoms with van der Waals surface area (Å²) >= 11 is 1.02. The molecule has 0 saturated carbocycles. The van der Waals surface area contributed by atoms with Crippen LogP contribution in [0.15, 0.2) is 30.3 Å². The van der Waals surface area contributed by atoms with Gasteiger partial charge in [-0.2, -0.15) is 0 Å². The van der Waals surface area contributed by atoms with Gasteiger partial charge in [-0.25, -0.2) is 0 Å². The summed E-state index contributed by atoms with van der Waals surface area (Å²) in [5, 5.41) is 2.22. The van der Waals surface area contributed by atoms with Gasteiger partial charge in [0.1, 0.15) is 23.9 Å². The van der Waals surface area contributed by atoms with Gasteiger partial charge in [-0.15, -0.1) is 0 Å². The van der Waals surface area contributed by atoms with Crippen LogP contribution in [0, 0.1) is 25.2 Å². The number of amides is 2. The third kappa shape index (κ3) is 7.25. The molecular weight excluding hydrogens is 591 g/mol. The maximum absolute atomic E-state index is 13.9. The van der Waals surface area contributed by atoms with Crippen LogP contribution in [0.3, 0.4) is 0 Å². The molecule has 2 saturated heterocycles. The Balaban J connectivity index is 1.29. The van der Waals surface area contributed by atoms with E-state index in [1.165, 1.54) is 12.2 Å². The molecule has 10 heteroatoms. The minimum Gasteiger partial charge on any atom is -0.493 e. The first-order chi connectivity index (χ1) is 20.1. The van der Waals surface area contributed by atoms with E-state index in [2.05, 4.69) is 12.2 Å². The molecule has 4 atom stereocenters. The zero-order valence-electron chi connectivity index (χ0n) is 24.7. The molecule has 1 N–H and O–H groups in total. The van der Waals surface area contributed by atoms with Gasteiger partial charge in [-0.1, -0.05) is 52.4 Å². The van der Waals surface area contributed by atoms with Gasteiger partial charge in [-0.05, 0) is 106 Å². The quantitative estimate of drug-likeness (QED) is 0.159. The van der Waals surface area contributed by atoms with Crippen LogP contribution in [0.5, 0.6) is 17.2 Å². The number of ether oxygens (including phenoxy) is 3. The number of carbonyl (C=O) groups is 3. The van der Waals surface area contributed by atoms with E-state index in [0.717, 1.165) is 59.0 Å². The molecule has 226 valence electrons. The molecule has 2 amide bonds. The van der Waals surface area contributed by atoms with Gasteiger partial charge in [0, 0.05) is 11.0 Å². The third-order valence-electron chi connectivity index (χ3n) is 8.53. The molecule has 42 heavy (non-hydrogen) atoms. The lowest BCUT2D eigenvalue weighted by atomic mass is 9.82. The monoisotopic (exact) mass is 629 g/mol. The highest BCUT2D eigenvalue weighted by Crippen LogP contribution is 2.44. The Hall–Kier alpha value is -2.30. The van der Waals surface area contributed by atoms with E-state index in [4.69, 9.17) is 14.2 Å².